The van der Waals surface area contributed by atoms with Crippen LogP contribution in [-0.4, -0.2) is 60.9 Å². The number of ether oxygens (including phenoxy) is 3. The van der Waals surface area contributed by atoms with Gasteiger partial charge >= 0.3 is 12.0 Å². The topological polar surface area (TPSA) is 109 Å². The lowest BCUT2D eigenvalue weighted by atomic mass is 9.99. The van der Waals surface area contributed by atoms with Crippen LogP contribution in [0.2, 0.25) is 0 Å². The van der Waals surface area contributed by atoms with Gasteiger partial charge in [-0.25, -0.2) is 4.79 Å². The third-order valence-electron chi connectivity index (χ3n) is 8.87. The first-order valence-corrected chi connectivity index (χ1v) is 18.5. The van der Waals surface area contributed by atoms with Crippen molar-refractivity contribution < 1.29 is 28.9 Å². The normalized spacial score (nSPS) is 17.7. The molecule has 3 rings (SSSR count). The number of amides is 2. The van der Waals surface area contributed by atoms with Crippen molar-refractivity contribution in [2.75, 3.05) is 38.1 Å². The summed E-state index contributed by atoms with van der Waals surface area (Å²) in [6, 6.07) is 14.9. The highest BCUT2D eigenvalue weighted by atomic mass is 16.7. The lowest BCUT2D eigenvalue weighted by Gasteiger charge is -2.38. The molecule has 0 aliphatic carbocycles. The Morgan fingerprint density at radius 2 is 1.38 bits per heavy atom. The second-order valence-corrected chi connectivity index (χ2v) is 12.9. The van der Waals surface area contributed by atoms with E-state index in [1.54, 1.807) is 6.92 Å². The van der Waals surface area contributed by atoms with Crippen molar-refractivity contribution in [1.82, 2.24) is 10.2 Å². The van der Waals surface area contributed by atoms with Crippen molar-refractivity contribution in [1.29, 1.82) is 0 Å². The molecule has 0 spiro atoms. The summed E-state index contributed by atoms with van der Waals surface area (Å²) in [6.07, 6.45) is 15.4. The molecule has 1 fully saturated rings. The number of unbranched alkanes of at least 4 members (excludes halogenated alkanes) is 10. The first-order chi connectivity index (χ1) is 23.4. The largest absolute Gasteiger partial charge is 0.465 e. The summed E-state index contributed by atoms with van der Waals surface area (Å²) < 4.78 is 18.1. The fraction of sp³-hybridized carbons (Fsp3) is 0.641. The molecule has 0 bridgehead atoms. The SMILES string of the molecule is CCCCCCCCN(CCCCCCCC)CC1CC(c2ccc(CO)cc2)OC(c2ccc(NC(=O)NCC(=O)OCC)cc2)O1. The molecular formula is C39H61N3O6. The van der Waals surface area contributed by atoms with Crippen LogP contribution in [0.25, 0.3) is 0 Å². The average molecular weight is 668 g/mol. The predicted molar refractivity (Wildman–Crippen MR) is 192 cm³/mol. The van der Waals surface area contributed by atoms with Crippen molar-refractivity contribution >= 4 is 17.7 Å². The third kappa shape index (κ3) is 15.1. The van der Waals surface area contributed by atoms with E-state index in [0.29, 0.717) is 5.69 Å². The molecule has 2 aromatic rings. The molecular weight excluding hydrogens is 606 g/mol. The molecule has 1 saturated heterocycles. The lowest BCUT2D eigenvalue weighted by Crippen LogP contribution is -2.40. The molecule has 3 atom stereocenters. The first kappa shape index (κ1) is 39.5. The minimum Gasteiger partial charge on any atom is -0.465 e. The molecule has 48 heavy (non-hydrogen) atoms. The second kappa shape index (κ2) is 23.4. The second-order valence-electron chi connectivity index (χ2n) is 12.9. The number of nitrogens with zero attached hydrogens (tertiary/aromatic N) is 1. The Hall–Kier alpha value is -2.98. The summed E-state index contributed by atoms with van der Waals surface area (Å²) in [5.41, 5.74) is 3.40. The Bertz CT molecular complexity index is 1140. The maximum atomic E-state index is 12.3. The van der Waals surface area contributed by atoms with Crippen LogP contribution < -0.4 is 10.6 Å². The minimum atomic E-state index is -0.567. The van der Waals surface area contributed by atoms with Crippen LogP contribution in [0.4, 0.5) is 10.5 Å². The van der Waals surface area contributed by atoms with Crippen LogP contribution in [0.5, 0.6) is 0 Å². The van der Waals surface area contributed by atoms with Crippen molar-refractivity contribution in [3.63, 3.8) is 0 Å². The molecule has 0 radical (unpaired) electrons. The number of urea groups is 1. The number of carbonyl (C=O) groups is 2. The summed E-state index contributed by atoms with van der Waals surface area (Å²) in [4.78, 5) is 26.5. The highest BCUT2D eigenvalue weighted by molar-refractivity contribution is 5.91. The third-order valence-corrected chi connectivity index (χ3v) is 8.87. The molecule has 1 heterocycles. The van der Waals surface area contributed by atoms with Crippen LogP contribution in [-0.2, 0) is 25.6 Å². The fourth-order valence-corrected chi connectivity index (χ4v) is 6.11. The van der Waals surface area contributed by atoms with Crippen LogP contribution in [0, 0.1) is 0 Å². The maximum absolute atomic E-state index is 12.3. The molecule has 9 heteroatoms. The average Bonchev–Trinajstić information content (AvgIpc) is 3.10. The van der Waals surface area contributed by atoms with Crippen LogP contribution in [0.15, 0.2) is 48.5 Å². The number of aliphatic hydroxyl groups is 1. The zero-order valence-electron chi connectivity index (χ0n) is 29.7. The van der Waals surface area contributed by atoms with Crippen molar-refractivity contribution in [2.45, 2.75) is 129 Å². The Morgan fingerprint density at radius 3 is 1.96 bits per heavy atom. The van der Waals surface area contributed by atoms with Crippen LogP contribution >= 0.6 is 0 Å². The summed E-state index contributed by atoms with van der Waals surface area (Å²) >= 11 is 0. The zero-order chi connectivity index (χ0) is 34.4. The summed E-state index contributed by atoms with van der Waals surface area (Å²) in [6.45, 7) is 9.35. The van der Waals surface area contributed by atoms with Gasteiger partial charge in [0.1, 0.15) is 6.54 Å². The molecule has 2 amide bonds. The summed E-state index contributed by atoms with van der Waals surface area (Å²) in [7, 11) is 0. The number of benzene rings is 2. The number of nitrogens with one attached hydrogen (secondary N) is 2. The molecule has 3 N–H and O–H groups in total. The number of rotatable bonds is 23. The van der Waals surface area contributed by atoms with E-state index in [1.807, 2.05) is 48.5 Å². The Kier molecular flexibility index (Phi) is 19.2. The monoisotopic (exact) mass is 667 g/mol. The lowest BCUT2D eigenvalue weighted by molar-refractivity contribution is -0.253. The Morgan fingerprint density at radius 1 is 0.792 bits per heavy atom. The predicted octanol–water partition coefficient (Wildman–Crippen LogP) is 8.43. The van der Waals surface area contributed by atoms with E-state index < -0.39 is 18.3 Å². The number of hydrogen-bond acceptors (Lipinski definition) is 7. The number of hydrogen-bond donors (Lipinski definition) is 3. The van der Waals surface area contributed by atoms with Gasteiger partial charge in [-0.1, -0.05) is 114 Å². The van der Waals surface area contributed by atoms with E-state index in [-0.39, 0.29) is 32.0 Å². The molecule has 1 aliphatic rings. The van der Waals surface area contributed by atoms with Gasteiger partial charge in [0.05, 0.1) is 25.4 Å². The first-order valence-electron chi connectivity index (χ1n) is 18.5. The Labute approximate surface area is 289 Å². The van der Waals surface area contributed by atoms with Crippen molar-refractivity contribution in [3.8, 4) is 0 Å². The van der Waals surface area contributed by atoms with Crippen molar-refractivity contribution in [2.24, 2.45) is 0 Å². The molecule has 268 valence electrons. The van der Waals surface area contributed by atoms with E-state index in [9.17, 15) is 14.7 Å². The number of anilines is 1. The maximum Gasteiger partial charge on any atom is 0.325 e. The molecule has 1 aliphatic heterocycles. The van der Waals surface area contributed by atoms with E-state index in [0.717, 1.165) is 42.7 Å². The summed E-state index contributed by atoms with van der Waals surface area (Å²) in [5.74, 6) is -0.484. The molecule has 3 unspecified atom stereocenters. The van der Waals surface area contributed by atoms with Gasteiger partial charge in [-0.15, -0.1) is 0 Å². The quantitative estimate of drug-likeness (QED) is 0.0806. The Balaban J connectivity index is 1.69. The van der Waals surface area contributed by atoms with Gasteiger partial charge in [-0.2, -0.15) is 0 Å². The van der Waals surface area contributed by atoms with E-state index >= 15 is 0 Å². The standard InChI is InChI=1S/C39H61N3O6/c1-4-7-9-11-13-15-25-42(26-16-14-12-10-8-5-2)29-35-27-36(32-19-17-31(30-43)18-20-32)48-38(47-35)33-21-23-34(24-22-33)41-39(45)40-28-37(44)46-6-3/h17-24,35-36,38,43H,4-16,25-30H2,1-3H3,(H2,40,41,45). The fourth-order valence-electron chi connectivity index (χ4n) is 6.11. The van der Waals surface area contributed by atoms with Crippen molar-refractivity contribution in [3.05, 3.63) is 65.2 Å². The van der Waals surface area contributed by atoms with Gasteiger partial charge in [0.15, 0.2) is 6.29 Å². The smallest absolute Gasteiger partial charge is 0.325 e. The molecule has 9 nitrogen and oxygen atoms in total. The van der Waals surface area contributed by atoms with Gasteiger partial charge in [0.25, 0.3) is 0 Å². The van der Waals surface area contributed by atoms with Gasteiger partial charge in [0, 0.05) is 24.2 Å². The van der Waals surface area contributed by atoms with Gasteiger partial charge in [0.2, 0.25) is 0 Å². The molecule has 0 aromatic heterocycles. The molecule has 2 aromatic carbocycles. The van der Waals surface area contributed by atoms with E-state index in [2.05, 4.69) is 29.4 Å². The number of aliphatic hydroxyl groups excluding tert-OH is 1. The van der Waals surface area contributed by atoms with Crippen LogP contribution in [0.1, 0.15) is 133 Å². The highest BCUT2D eigenvalue weighted by Gasteiger charge is 2.33. The number of carbonyl (C=O) groups excluding carboxylic acids is 2. The van der Waals surface area contributed by atoms with Gasteiger partial charge in [-0.3, -0.25) is 4.79 Å². The van der Waals surface area contributed by atoms with E-state index in [4.69, 9.17) is 14.2 Å². The zero-order valence-corrected chi connectivity index (χ0v) is 29.7. The summed E-state index contributed by atoms with van der Waals surface area (Å²) in [5, 5.41) is 14.8. The van der Waals surface area contributed by atoms with Crippen LogP contribution in [0.3, 0.4) is 0 Å². The highest BCUT2D eigenvalue weighted by Crippen LogP contribution is 2.38. The van der Waals surface area contributed by atoms with E-state index in [1.165, 1.54) is 77.0 Å². The molecule has 0 saturated carbocycles. The van der Waals surface area contributed by atoms with Gasteiger partial charge < -0.3 is 34.9 Å². The number of esters is 1. The van der Waals surface area contributed by atoms with Gasteiger partial charge in [-0.05, 0) is 56.1 Å². The minimum absolute atomic E-state index is 0.00719.